The summed E-state index contributed by atoms with van der Waals surface area (Å²) in [7, 11) is 0. The van der Waals surface area contributed by atoms with Crippen LogP contribution in [-0.2, 0) is 44.8 Å². The Hall–Kier alpha value is 0.771. The molecule has 0 aliphatic heterocycles. The van der Waals surface area contributed by atoms with Gasteiger partial charge in [-0.3, -0.25) is 0 Å². The monoisotopic (exact) mass is 255 g/mol. The quantitative estimate of drug-likeness (QED) is 0.460. The molecule has 0 atom stereocenters. The predicted molar refractivity (Wildman–Crippen MR) is 9.93 cm³/mol. The average molecular weight is 257 g/mol. The molecule has 0 saturated heterocycles. The number of rotatable bonds is 0. The molecule has 0 unspecified atom stereocenters. The predicted octanol–water partition coefficient (Wildman–Crippen LogP) is 0.515. The summed E-state index contributed by atoms with van der Waals surface area (Å²) in [5, 5.41) is 6.99. The molecule has 0 spiro atoms. The summed E-state index contributed by atoms with van der Waals surface area (Å²) in [6.07, 6.45) is 1.00. The molecule has 0 bridgehead atoms. The van der Waals surface area contributed by atoms with Crippen molar-refractivity contribution in [1.82, 2.24) is 0 Å². The zero-order chi connectivity index (χ0) is 2.71. The molecule has 0 aromatic heterocycles. The van der Waals surface area contributed by atoms with Crippen LogP contribution in [-0.4, -0.2) is 0 Å². The molecule has 0 saturated carbocycles. The summed E-state index contributed by atoms with van der Waals surface area (Å²) < 4.78 is 0. The summed E-state index contributed by atoms with van der Waals surface area (Å²) >= 11 is 0. The topological polar surface area (TPSA) is 47.6 Å². The number of nitrogens with one attached hydrogen (secondary N) is 1. The van der Waals surface area contributed by atoms with Gasteiger partial charge in [0.2, 0.25) is 0 Å². The van der Waals surface area contributed by atoms with Gasteiger partial charge in [0, 0.05) is 22.4 Å². The van der Waals surface area contributed by atoms with Crippen molar-refractivity contribution in [3.8, 4) is 6.19 Å². The minimum Gasteiger partial charge on any atom is -0.494 e. The number of hydrogen-bond acceptors (Lipinski definition) is 1. The molecule has 37 valence electrons. The van der Waals surface area contributed by atoms with E-state index >= 15 is 0 Å². The summed E-state index contributed by atoms with van der Waals surface area (Å²) in [5.41, 5.74) is 5.51. The largest absolute Gasteiger partial charge is 1.00 e. The maximum Gasteiger partial charge on any atom is 1.00 e. The molecular weight excluding hydrogens is 256 g/mol. The van der Waals surface area contributed by atoms with Crippen LogP contribution < -0.4 is 0 Å². The van der Waals surface area contributed by atoms with Gasteiger partial charge in [0.25, 0.3) is 0 Å². The Morgan fingerprint density at radius 2 is 1.60 bits per heavy atom. The van der Waals surface area contributed by atoms with Gasteiger partial charge in [-0.25, -0.2) is 0 Å². The first-order valence-corrected chi connectivity index (χ1v) is 0.474. The second-order valence-corrected chi connectivity index (χ2v) is 0.112. The molecule has 2 nitrogen and oxygen atoms in total. The first-order chi connectivity index (χ1) is 1.41. The fourth-order valence-electron chi connectivity index (χ4n) is 0. The molecule has 5 heavy (non-hydrogen) atoms. The van der Waals surface area contributed by atoms with E-state index in [0.29, 0.717) is 0 Å². The Kier molecular flexibility index (Phi) is 74.0. The van der Waals surface area contributed by atoms with Crippen LogP contribution in [0.25, 0.3) is 5.73 Å². The third-order valence-corrected chi connectivity index (χ3v) is 0. The first-order valence-electron chi connectivity index (χ1n) is 0.474. The molecule has 0 fully saturated rings. The summed E-state index contributed by atoms with van der Waals surface area (Å²) in [5.74, 6) is 0. The maximum atomic E-state index is 6.99. The Morgan fingerprint density at radius 3 is 1.60 bits per heavy atom. The molecule has 1 radical (unpaired) electrons. The van der Waals surface area contributed by atoms with Crippen LogP contribution in [0.5, 0.6) is 0 Å². The Morgan fingerprint density at radius 1 is 1.60 bits per heavy atom. The van der Waals surface area contributed by atoms with Crippen LogP contribution in [0.1, 0.15) is 0 Å². The van der Waals surface area contributed by atoms with Crippen molar-refractivity contribution < 1.29 is 44.8 Å². The smallest absolute Gasteiger partial charge is 0.494 e. The fourth-order valence-corrected chi connectivity index (χ4v) is 0. The van der Waals surface area contributed by atoms with E-state index in [-0.39, 0.29) is 44.8 Å². The van der Waals surface area contributed by atoms with Crippen LogP contribution in [0, 0.1) is 11.5 Å². The molecular formula is CHAg2N2. The number of nitrogens with zero attached hydrogens (tertiary/aromatic N) is 1. The van der Waals surface area contributed by atoms with E-state index in [1.54, 1.807) is 0 Å². The van der Waals surface area contributed by atoms with E-state index in [2.05, 4.69) is 0 Å². The number of nitriles is 1. The Balaban J connectivity index is -0.0000000200. The second kappa shape index (κ2) is 21.6. The maximum absolute atomic E-state index is 6.99. The van der Waals surface area contributed by atoms with Crippen molar-refractivity contribution in [3.05, 3.63) is 5.73 Å². The van der Waals surface area contributed by atoms with Crippen molar-refractivity contribution in [2.75, 3.05) is 0 Å². The average Bonchev–Trinajstić information content (AvgIpc) is 0.918. The SMILES string of the molecule is N#C[NH-].[Ag+].[Ag]. The van der Waals surface area contributed by atoms with E-state index in [4.69, 9.17) is 11.0 Å². The Labute approximate surface area is 61.7 Å². The molecule has 1 N–H and O–H groups in total. The van der Waals surface area contributed by atoms with Crippen LogP contribution >= 0.6 is 0 Å². The molecule has 0 aromatic carbocycles. The van der Waals surface area contributed by atoms with E-state index in [0.717, 1.165) is 6.19 Å². The number of hydrogen-bond donors (Lipinski definition) is 0. The van der Waals surface area contributed by atoms with E-state index in [9.17, 15) is 0 Å². The molecule has 0 heterocycles. The molecule has 4 heteroatoms. The van der Waals surface area contributed by atoms with E-state index in [1.807, 2.05) is 0 Å². The van der Waals surface area contributed by atoms with Crippen LogP contribution in [0.4, 0.5) is 0 Å². The normalized spacial score (nSPS) is 1.40. The first kappa shape index (κ1) is 17.1. The minimum atomic E-state index is 0. The molecule has 0 aliphatic rings. The van der Waals surface area contributed by atoms with Crippen molar-refractivity contribution in [2.24, 2.45) is 0 Å². The zero-order valence-corrected chi connectivity index (χ0v) is 5.01. The fraction of sp³-hybridized carbons (Fsp3) is 0. The summed E-state index contributed by atoms with van der Waals surface area (Å²) in [6, 6.07) is 0. The van der Waals surface area contributed by atoms with Gasteiger partial charge in [0.05, 0.1) is 0 Å². The summed E-state index contributed by atoms with van der Waals surface area (Å²) in [4.78, 5) is 0. The van der Waals surface area contributed by atoms with Gasteiger partial charge in [-0.2, -0.15) is 0 Å². The molecule has 0 amide bonds. The van der Waals surface area contributed by atoms with Gasteiger partial charge < -0.3 is 11.0 Å². The standard InChI is InChI=1S/CHN2.2Ag/c2-1-3;;/h2H;;/q-1;;+1. The minimum absolute atomic E-state index is 0. The molecule has 0 aliphatic carbocycles. The van der Waals surface area contributed by atoms with Gasteiger partial charge in [-0.05, 0) is 0 Å². The van der Waals surface area contributed by atoms with Gasteiger partial charge >= 0.3 is 22.4 Å². The van der Waals surface area contributed by atoms with Crippen molar-refractivity contribution in [1.29, 1.82) is 5.26 Å². The van der Waals surface area contributed by atoms with Crippen molar-refractivity contribution >= 4 is 0 Å². The Bertz CT molecular complexity index is 29.1. The van der Waals surface area contributed by atoms with Crippen LogP contribution in [0.2, 0.25) is 0 Å². The van der Waals surface area contributed by atoms with Gasteiger partial charge in [0.15, 0.2) is 0 Å². The third kappa shape index (κ3) is 61.7. The zero-order valence-electron chi connectivity index (χ0n) is 2.05. The van der Waals surface area contributed by atoms with Crippen molar-refractivity contribution in [2.45, 2.75) is 0 Å². The van der Waals surface area contributed by atoms with Crippen LogP contribution in [0.15, 0.2) is 0 Å². The summed E-state index contributed by atoms with van der Waals surface area (Å²) in [6.45, 7) is 0. The molecule has 0 aromatic rings. The van der Waals surface area contributed by atoms with Gasteiger partial charge in [-0.15, -0.1) is 0 Å². The second-order valence-electron chi connectivity index (χ2n) is 0.112. The van der Waals surface area contributed by atoms with Gasteiger partial charge in [0.1, 0.15) is 0 Å². The van der Waals surface area contributed by atoms with Gasteiger partial charge in [-0.1, -0.05) is 6.19 Å². The molecule has 0 rings (SSSR count). The third-order valence-electron chi connectivity index (χ3n) is 0. The van der Waals surface area contributed by atoms with Crippen molar-refractivity contribution in [3.63, 3.8) is 0 Å². The van der Waals surface area contributed by atoms with E-state index in [1.165, 1.54) is 0 Å². The van der Waals surface area contributed by atoms with Crippen LogP contribution in [0.3, 0.4) is 0 Å². The van der Waals surface area contributed by atoms with E-state index < -0.39 is 0 Å².